The second-order valence-corrected chi connectivity index (χ2v) is 4.07. The molecular weight excluding hydrogens is 210 g/mol. The average Bonchev–Trinajstić information content (AvgIpc) is 2.65. The van der Waals surface area contributed by atoms with Gasteiger partial charge in [-0.25, -0.2) is 4.79 Å². The first-order chi connectivity index (χ1) is 7.49. The molecule has 5 heteroatoms. The van der Waals surface area contributed by atoms with E-state index in [1.165, 1.54) is 6.08 Å². The Morgan fingerprint density at radius 3 is 2.81 bits per heavy atom. The number of carbonyl (C=O) groups is 2. The molecule has 0 aromatic rings. The van der Waals surface area contributed by atoms with Crippen LogP contribution >= 0.6 is 0 Å². The lowest BCUT2D eigenvalue weighted by molar-refractivity contribution is -0.147. The van der Waals surface area contributed by atoms with Crippen LogP contribution in [0.3, 0.4) is 0 Å². The minimum atomic E-state index is -1.06. The van der Waals surface area contributed by atoms with Crippen LogP contribution in [0.1, 0.15) is 26.2 Å². The molecule has 1 heterocycles. The Morgan fingerprint density at radius 1 is 1.69 bits per heavy atom. The largest absolute Gasteiger partial charge is 0.480 e. The third-order valence-corrected chi connectivity index (χ3v) is 2.70. The average molecular weight is 227 g/mol. The van der Waals surface area contributed by atoms with E-state index < -0.39 is 17.6 Å². The van der Waals surface area contributed by atoms with Crippen molar-refractivity contribution < 1.29 is 19.4 Å². The van der Waals surface area contributed by atoms with Gasteiger partial charge in [-0.3, -0.25) is 4.79 Å². The molecule has 1 aliphatic heterocycles. The molecule has 16 heavy (non-hydrogen) atoms. The van der Waals surface area contributed by atoms with Crippen LogP contribution < -0.4 is 5.32 Å². The molecule has 0 saturated carbocycles. The summed E-state index contributed by atoms with van der Waals surface area (Å²) in [4.78, 5) is 22.7. The van der Waals surface area contributed by atoms with E-state index in [1.807, 2.05) is 0 Å². The molecule has 1 amide bonds. The van der Waals surface area contributed by atoms with Gasteiger partial charge in [0.25, 0.3) is 5.91 Å². The number of aliphatic carboxylic acids is 1. The third-order valence-electron chi connectivity index (χ3n) is 2.70. The van der Waals surface area contributed by atoms with Crippen molar-refractivity contribution >= 4 is 11.9 Å². The van der Waals surface area contributed by atoms with Crippen LogP contribution in [0.15, 0.2) is 12.7 Å². The first kappa shape index (κ1) is 12.7. The fourth-order valence-electron chi connectivity index (χ4n) is 1.66. The molecule has 1 fully saturated rings. The quantitative estimate of drug-likeness (QED) is 0.678. The monoisotopic (exact) mass is 227 g/mol. The van der Waals surface area contributed by atoms with Crippen LogP contribution in [0.2, 0.25) is 0 Å². The minimum Gasteiger partial charge on any atom is -0.480 e. The van der Waals surface area contributed by atoms with Crippen molar-refractivity contribution in [3.05, 3.63) is 12.7 Å². The van der Waals surface area contributed by atoms with Crippen LogP contribution in [0.5, 0.6) is 0 Å². The fourth-order valence-corrected chi connectivity index (χ4v) is 1.66. The number of carboxylic acid groups (broad SMARTS) is 1. The standard InChI is InChI=1S/C11H17NO4/c1-3-5-8(9(13)14)12-10(15)11(2)6-4-7-16-11/h3,8H,1,4-7H2,2H3,(H,12,15)(H,13,14). The minimum absolute atomic E-state index is 0.206. The van der Waals surface area contributed by atoms with Crippen molar-refractivity contribution in [2.45, 2.75) is 37.8 Å². The summed E-state index contributed by atoms with van der Waals surface area (Å²) in [5, 5.41) is 11.3. The molecule has 90 valence electrons. The van der Waals surface area contributed by atoms with Gasteiger partial charge in [0.1, 0.15) is 11.6 Å². The molecule has 0 aliphatic carbocycles. The van der Waals surface area contributed by atoms with Gasteiger partial charge < -0.3 is 15.2 Å². The van der Waals surface area contributed by atoms with E-state index in [1.54, 1.807) is 6.92 Å². The number of ether oxygens (including phenoxy) is 1. The molecular formula is C11H17NO4. The summed E-state index contributed by atoms with van der Waals surface area (Å²) in [5.41, 5.74) is -0.880. The zero-order chi connectivity index (χ0) is 12.2. The van der Waals surface area contributed by atoms with Gasteiger partial charge in [-0.15, -0.1) is 6.58 Å². The van der Waals surface area contributed by atoms with Gasteiger partial charge in [-0.2, -0.15) is 0 Å². The van der Waals surface area contributed by atoms with E-state index in [4.69, 9.17) is 9.84 Å². The Bertz CT molecular complexity index is 294. The van der Waals surface area contributed by atoms with Crippen LogP contribution in [-0.4, -0.2) is 35.2 Å². The van der Waals surface area contributed by atoms with E-state index in [2.05, 4.69) is 11.9 Å². The molecule has 1 aliphatic rings. The molecule has 0 aromatic heterocycles. The lowest BCUT2D eigenvalue weighted by atomic mass is 10.0. The van der Waals surface area contributed by atoms with Crippen molar-refractivity contribution in [2.24, 2.45) is 0 Å². The van der Waals surface area contributed by atoms with Gasteiger partial charge in [0.2, 0.25) is 0 Å². The Labute approximate surface area is 94.5 Å². The van der Waals surface area contributed by atoms with Gasteiger partial charge in [-0.05, 0) is 26.2 Å². The molecule has 2 unspecified atom stereocenters. The highest BCUT2D eigenvalue weighted by Gasteiger charge is 2.39. The molecule has 0 bridgehead atoms. The van der Waals surface area contributed by atoms with Crippen molar-refractivity contribution in [3.63, 3.8) is 0 Å². The van der Waals surface area contributed by atoms with Gasteiger partial charge >= 0.3 is 5.97 Å². The topological polar surface area (TPSA) is 75.6 Å². The number of rotatable bonds is 5. The van der Waals surface area contributed by atoms with E-state index in [9.17, 15) is 9.59 Å². The van der Waals surface area contributed by atoms with E-state index in [0.717, 1.165) is 6.42 Å². The lowest BCUT2D eigenvalue weighted by Gasteiger charge is -2.24. The van der Waals surface area contributed by atoms with E-state index >= 15 is 0 Å². The SMILES string of the molecule is C=CCC(NC(=O)C1(C)CCCO1)C(=O)O. The van der Waals surface area contributed by atoms with Crippen molar-refractivity contribution in [2.75, 3.05) is 6.61 Å². The Hall–Kier alpha value is -1.36. The zero-order valence-corrected chi connectivity index (χ0v) is 9.36. The Kier molecular flexibility index (Phi) is 4.06. The summed E-state index contributed by atoms with van der Waals surface area (Å²) in [6.07, 6.45) is 3.12. The Balaban J connectivity index is 2.60. The summed E-state index contributed by atoms with van der Waals surface area (Å²) in [6, 6.07) is -0.925. The number of nitrogens with one attached hydrogen (secondary N) is 1. The van der Waals surface area contributed by atoms with Crippen LogP contribution in [0.25, 0.3) is 0 Å². The van der Waals surface area contributed by atoms with Crippen molar-refractivity contribution in [1.82, 2.24) is 5.32 Å². The van der Waals surface area contributed by atoms with Crippen molar-refractivity contribution in [3.8, 4) is 0 Å². The summed E-state index contributed by atoms with van der Waals surface area (Å²) in [5.74, 6) is -1.42. The number of hydrogen-bond acceptors (Lipinski definition) is 3. The molecule has 0 aromatic carbocycles. The number of carboxylic acids is 1. The van der Waals surface area contributed by atoms with Crippen LogP contribution in [0.4, 0.5) is 0 Å². The summed E-state index contributed by atoms with van der Waals surface area (Å²) in [6.45, 7) is 5.69. The fraction of sp³-hybridized carbons (Fsp3) is 0.636. The first-order valence-corrected chi connectivity index (χ1v) is 5.28. The number of carbonyl (C=O) groups excluding carboxylic acids is 1. The number of amides is 1. The summed E-state index contributed by atoms with van der Waals surface area (Å²) >= 11 is 0. The molecule has 2 atom stereocenters. The Morgan fingerprint density at radius 2 is 2.38 bits per heavy atom. The lowest BCUT2D eigenvalue weighted by Crippen LogP contribution is -2.50. The van der Waals surface area contributed by atoms with E-state index in [-0.39, 0.29) is 12.3 Å². The highest BCUT2D eigenvalue weighted by Crippen LogP contribution is 2.25. The smallest absolute Gasteiger partial charge is 0.326 e. The molecule has 0 spiro atoms. The predicted molar refractivity (Wildman–Crippen MR) is 58.0 cm³/mol. The maximum Gasteiger partial charge on any atom is 0.326 e. The highest BCUT2D eigenvalue weighted by atomic mass is 16.5. The third kappa shape index (κ3) is 2.82. The second-order valence-electron chi connectivity index (χ2n) is 4.07. The molecule has 2 N–H and O–H groups in total. The normalized spacial score (nSPS) is 26.1. The molecule has 5 nitrogen and oxygen atoms in total. The summed E-state index contributed by atoms with van der Waals surface area (Å²) < 4.78 is 5.33. The maximum absolute atomic E-state index is 11.8. The second kappa shape index (κ2) is 5.12. The maximum atomic E-state index is 11.8. The summed E-state index contributed by atoms with van der Waals surface area (Å²) in [7, 11) is 0. The number of hydrogen-bond donors (Lipinski definition) is 2. The van der Waals surface area contributed by atoms with Crippen molar-refractivity contribution in [1.29, 1.82) is 0 Å². The highest BCUT2D eigenvalue weighted by molar-refractivity contribution is 5.89. The van der Waals surface area contributed by atoms with Gasteiger partial charge in [0.05, 0.1) is 0 Å². The molecule has 1 saturated heterocycles. The predicted octanol–water partition coefficient (Wildman–Crippen LogP) is 0.701. The molecule has 1 rings (SSSR count). The molecule has 0 radical (unpaired) electrons. The van der Waals surface area contributed by atoms with E-state index in [0.29, 0.717) is 13.0 Å². The van der Waals surface area contributed by atoms with Gasteiger partial charge in [0.15, 0.2) is 0 Å². The van der Waals surface area contributed by atoms with Gasteiger partial charge in [-0.1, -0.05) is 6.08 Å². The van der Waals surface area contributed by atoms with Gasteiger partial charge in [0, 0.05) is 6.61 Å². The van der Waals surface area contributed by atoms with Crippen LogP contribution in [-0.2, 0) is 14.3 Å². The zero-order valence-electron chi connectivity index (χ0n) is 9.36. The first-order valence-electron chi connectivity index (χ1n) is 5.28. The van der Waals surface area contributed by atoms with Crippen LogP contribution in [0, 0.1) is 0 Å².